The van der Waals surface area contributed by atoms with Crippen molar-refractivity contribution in [3.05, 3.63) is 128 Å². The number of anilines is 4. The number of benzene rings is 5. The Hall–Kier alpha value is -4.22. The molecule has 4 N–H and O–H groups in total. The van der Waals surface area contributed by atoms with Gasteiger partial charge in [-0.25, -0.2) is 26.3 Å². The van der Waals surface area contributed by atoms with Crippen molar-refractivity contribution in [2.24, 2.45) is 0 Å². The molecule has 0 aromatic heterocycles. The first-order valence-electron chi connectivity index (χ1n) is 18.6. The average Bonchev–Trinajstić information content (AvgIpc) is 3.70. The zero-order valence-electron chi connectivity index (χ0n) is 32.7. The van der Waals surface area contributed by atoms with Gasteiger partial charge in [-0.1, -0.05) is 52.5 Å². The summed E-state index contributed by atoms with van der Waals surface area (Å²) in [5.41, 5.74) is -1.43. The third-order valence-corrected chi connectivity index (χ3v) is 13.4. The number of nitrogens with one attached hydrogen (secondary N) is 4. The molecule has 64 heavy (non-hydrogen) atoms. The summed E-state index contributed by atoms with van der Waals surface area (Å²) in [6.07, 6.45) is -9.81. The summed E-state index contributed by atoms with van der Waals surface area (Å²) >= 11 is 23.8. The van der Waals surface area contributed by atoms with Crippen molar-refractivity contribution < 1.29 is 57.4 Å². The van der Waals surface area contributed by atoms with Crippen LogP contribution in [-0.2, 0) is 43.7 Å². The van der Waals surface area contributed by atoms with E-state index in [9.17, 15) is 43.2 Å². The van der Waals surface area contributed by atoms with Gasteiger partial charge < -0.3 is 24.8 Å². The van der Waals surface area contributed by atoms with Crippen molar-refractivity contribution in [2.75, 3.05) is 56.8 Å². The maximum Gasteiger partial charge on any atom is 0.417 e. The Balaban J connectivity index is 0.000000213. The number of alkyl halides is 6. The van der Waals surface area contributed by atoms with Crippen LogP contribution in [0.5, 0.6) is 11.5 Å². The lowest BCUT2D eigenvalue weighted by Crippen LogP contribution is -2.41. The SMILES string of the molecule is O=S(=O)(NCCN1CCOCC1)c1ccc(Nc2ccc(Cl)cc2Cl)cc1C(F)(F)F.O=S(=O)(NCc1ccc2c(c1)OCO2)c1ccc(Nc2ccc(Cl)cc2Cl)cc1C(F)(F)F. The minimum absolute atomic E-state index is 0.00117. The normalized spacial score (nSPS) is 14.5. The molecule has 0 bridgehead atoms. The highest BCUT2D eigenvalue weighted by Crippen LogP contribution is 2.39. The predicted octanol–water partition coefficient (Wildman–Crippen LogP) is 10.3. The van der Waals surface area contributed by atoms with E-state index in [0.717, 1.165) is 18.2 Å². The van der Waals surface area contributed by atoms with Crippen molar-refractivity contribution in [1.82, 2.24) is 14.3 Å². The van der Waals surface area contributed by atoms with E-state index in [-0.39, 0.29) is 41.3 Å². The molecule has 7 rings (SSSR count). The highest BCUT2D eigenvalue weighted by molar-refractivity contribution is 7.89. The summed E-state index contributed by atoms with van der Waals surface area (Å²) in [4.78, 5) is 0.234. The zero-order chi connectivity index (χ0) is 46.5. The first-order valence-corrected chi connectivity index (χ1v) is 23.1. The molecule has 12 nitrogen and oxygen atoms in total. The first kappa shape index (κ1) is 49.2. The van der Waals surface area contributed by atoms with E-state index in [1.54, 1.807) is 18.2 Å². The second-order valence-electron chi connectivity index (χ2n) is 13.8. The zero-order valence-corrected chi connectivity index (χ0v) is 37.4. The van der Waals surface area contributed by atoms with Crippen molar-refractivity contribution in [3.63, 3.8) is 0 Å². The number of hydrogen-bond acceptors (Lipinski definition) is 10. The summed E-state index contributed by atoms with van der Waals surface area (Å²) < 4.78 is 153. The number of rotatable bonds is 13. The molecule has 2 heterocycles. The number of fused-ring (bicyclic) bond motifs is 1. The van der Waals surface area contributed by atoms with Gasteiger partial charge in [-0.3, -0.25) is 4.90 Å². The Bertz CT molecular complexity index is 2710. The van der Waals surface area contributed by atoms with E-state index in [1.807, 2.05) is 4.90 Å². The molecule has 0 saturated carbocycles. The Morgan fingerprint density at radius 3 is 1.59 bits per heavy atom. The van der Waals surface area contributed by atoms with Gasteiger partial charge in [-0.15, -0.1) is 0 Å². The molecule has 2 aliphatic rings. The van der Waals surface area contributed by atoms with Crippen LogP contribution in [0.15, 0.2) is 101 Å². The largest absolute Gasteiger partial charge is 0.454 e. The van der Waals surface area contributed by atoms with Crippen LogP contribution in [-0.4, -0.2) is 67.9 Å². The Kier molecular flexibility index (Phi) is 15.8. The summed E-state index contributed by atoms with van der Waals surface area (Å²) in [5.74, 6) is 0.934. The van der Waals surface area contributed by atoms with Gasteiger partial charge in [0.15, 0.2) is 11.5 Å². The van der Waals surface area contributed by atoms with E-state index in [4.69, 9.17) is 60.6 Å². The smallest absolute Gasteiger partial charge is 0.417 e. The van der Waals surface area contributed by atoms with Crippen molar-refractivity contribution in [1.29, 1.82) is 0 Å². The molecule has 1 fully saturated rings. The number of ether oxygens (including phenoxy) is 3. The van der Waals surface area contributed by atoms with Crippen LogP contribution in [0.1, 0.15) is 16.7 Å². The molecule has 0 spiro atoms. The number of sulfonamides is 2. The monoisotopic (exact) mass is 1020 g/mol. The summed E-state index contributed by atoms with van der Waals surface area (Å²) in [6, 6.07) is 19.4. The quantitative estimate of drug-likeness (QED) is 0.0841. The molecule has 2 aliphatic heterocycles. The van der Waals surface area contributed by atoms with Crippen LogP contribution in [0.3, 0.4) is 0 Å². The van der Waals surface area contributed by atoms with Gasteiger partial charge in [-0.2, -0.15) is 26.3 Å². The molecule has 1 saturated heterocycles. The van der Waals surface area contributed by atoms with Crippen molar-refractivity contribution in [3.8, 4) is 11.5 Å². The van der Waals surface area contributed by atoms with Crippen LogP contribution in [0.4, 0.5) is 49.1 Å². The van der Waals surface area contributed by atoms with Crippen molar-refractivity contribution >= 4 is 89.2 Å². The fraction of sp³-hybridized carbons (Fsp3) is 0.250. The molecule has 0 atom stereocenters. The van der Waals surface area contributed by atoms with E-state index < -0.39 is 53.3 Å². The summed E-state index contributed by atoms with van der Waals surface area (Å²) in [7, 11) is -8.88. The average molecular weight is 1020 g/mol. The van der Waals surface area contributed by atoms with Gasteiger partial charge in [0.1, 0.15) is 0 Å². The van der Waals surface area contributed by atoms with Crippen LogP contribution in [0, 0.1) is 0 Å². The maximum atomic E-state index is 13.7. The lowest BCUT2D eigenvalue weighted by atomic mass is 10.2. The topological polar surface area (TPSA) is 147 Å². The third-order valence-electron chi connectivity index (χ3n) is 9.30. The van der Waals surface area contributed by atoms with Gasteiger partial charge in [-0.05, 0) is 90.5 Å². The van der Waals surface area contributed by atoms with Gasteiger partial charge in [0.2, 0.25) is 26.8 Å². The summed E-state index contributed by atoms with van der Waals surface area (Å²) in [5, 5.41) is 6.63. The van der Waals surface area contributed by atoms with Crippen LogP contribution in [0.2, 0.25) is 20.1 Å². The Labute approximate surface area is 383 Å². The highest BCUT2D eigenvalue weighted by Gasteiger charge is 2.39. The van der Waals surface area contributed by atoms with E-state index >= 15 is 0 Å². The Morgan fingerprint density at radius 2 is 1.09 bits per heavy atom. The van der Waals surface area contributed by atoms with E-state index in [0.29, 0.717) is 77.4 Å². The van der Waals surface area contributed by atoms with E-state index in [1.165, 1.54) is 48.5 Å². The highest BCUT2D eigenvalue weighted by atomic mass is 35.5. The predicted molar refractivity (Wildman–Crippen MR) is 231 cm³/mol. The second-order valence-corrected chi connectivity index (χ2v) is 18.9. The molecule has 0 aliphatic carbocycles. The fourth-order valence-corrected chi connectivity index (χ4v) is 9.53. The lowest BCUT2D eigenvalue weighted by Gasteiger charge is -2.26. The van der Waals surface area contributed by atoms with Gasteiger partial charge in [0, 0.05) is 54.1 Å². The molecule has 0 radical (unpaired) electrons. The van der Waals surface area contributed by atoms with Crippen LogP contribution in [0.25, 0.3) is 0 Å². The standard InChI is InChI=1S/C21H15Cl2F3N2O4S.C19H20Cl2F3N3O3S/c22-13-2-4-17(16(23)8-13)28-14-3-6-20(15(9-14)21(24,25)26)33(29,30)27-10-12-1-5-18-19(7-12)32-11-31-18;20-13-1-3-17(16(21)11-13)26-14-2-4-18(15(12-14)19(22,23)24)31(28,29)25-5-6-27-7-9-30-10-8-27/h1-9,27-28H,10-11H2;1-4,11-12,25-26H,5-10H2. The van der Waals surface area contributed by atoms with Crippen LogP contribution >= 0.6 is 46.4 Å². The third kappa shape index (κ3) is 13.0. The molecular formula is C40H35Cl4F6N5O7S2. The molecular weight excluding hydrogens is 982 g/mol. The van der Waals surface area contributed by atoms with Crippen LogP contribution < -0.4 is 29.6 Å². The van der Waals surface area contributed by atoms with Gasteiger partial charge >= 0.3 is 12.4 Å². The lowest BCUT2D eigenvalue weighted by molar-refractivity contribution is -0.140. The van der Waals surface area contributed by atoms with Gasteiger partial charge in [0.05, 0.1) is 55.6 Å². The fourth-order valence-electron chi connectivity index (χ4n) is 6.17. The first-order chi connectivity index (χ1) is 30.1. The van der Waals surface area contributed by atoms with Gasteiger partial charge in [0.25, 0.3) is 0 Å². The number of nitrogens with zero attached hydrogens (tertiary/aromatic N) is 1. The number of hydrogen-bond donors (Lipinski definition) is 4. The minimum atomic E-state index is -4.93. The molecule has 0 amide bonds. The minimum Gasteiger partial charge on any atom is -0.454 e. The molecule has 24 heteroatoms. The number of morpholine rings is 1. The number of halogens is 10. The summed E-state index contributed by atoms with van der Waals surface area (Å²) in [6.45, 7) is 2.52. The second kappa shape index (κ2) is 20.5. The Morgan fingerprint density at radius 1 is 0.594 bits per heavy atom. The molecule has 5 aromatic carbocycles. The molecule has 5 aromatic rings. The molecule has 344 valence electrons. The van der Waals surface area contributed by atoms with Crippen molar-refractivity contribution in [2.45, 2.75) is 28.7 Å². The van der Waals surface area contributed by atoms with E-state index in [2.05, 4.69) is 20.1 Å². The maximum absolute atomic E-state index is 13.7. The molecule has 0 unspecified atom stereocenters.